The third kappa shape index (κ3) is 3.55. The minimum Gasteiger partial charge on any atom is -0.468 e. The fourth-order valence-corrected chi connectivity index (χ4v) is 5.36. The van der Waals surface area contributed by atoms with Crippen LogP contribution >= 0.6 is 0 Å². The molecule has 0 bridgehead atoms. The van der Waals surface area contributed by atoms with Crippen LogP contribution in [0.1, 0.15) is 29.0 Å². The fraction of sp³-hybridized carbons (Fsp3) is 0.161. The molecule has 0 N–H and O–H groups in total. The second kappa shape index (κ2) is 9.34. The predicted octanol–water partition coefficient (Wildman–Crippen LogP) is 6.49. The van der Waals surface area contributed by atoms with Crippen LogP contribution in [0.25, 0.3) is 28.2 Å². The first-order chi connectivity index (χ1) is 17.5. The van der Waals surface area contributed by atoms with E-state index in [4.69, 9.17) is 13.9 Å². The summed E-state index contributed by atoms with van der Waals surface area (Å²) in [5, 5.41) is 0. The highest BCUT2D eigenvalue weighted by atomic mass is 16.5. The molecule has 1 aromatic heterocycles. The Morgan fingerprint density at radius 1 is 0.778 bits per heavy atom. The van der Waals surface area contributed by atoms with Crippen LogP contribution in [0.5, 0.6) is 0 Å². The highest BCUT2D eigenvalue weighted by Crippen LogP contribution is 2.59. The van der Waals surface area contributed by atoms with E-state index >= 15 is 0 Å². The molecule has 0 radical (unpaired) electrons. The van der Waals surface area contributed by atoms with E-state index in [1.54, 1.807) is 0 Å². The predicted molar refractivity (Wildman–Crippen MR) is 138 cm³/mol. The Bertz CT molecular complexity index is 1400. The summed E-state index contributed by atoms with van der Waals surface area (Å²) in [7, 11) is 2.58. The van der Waals surface area contributed by atoms with Crippen molar-refractivity contribution in [2.24, 2.45) is 5.41 Å². The van der Waals surface area contributed by atoms with Gasteiger partial charge in [0, 0.05) is 34.6 Å². The van der Waals surface area contributed by atoms with Crippen LogP contribution in [0.15, 0.2) is 102 Å². The third-order valence-corrected chi connectivity index (χ3v) is 6.88. The van der Waals surface area contributed by atoms with Crippen LogP contribution in [0.4, 0.5) is 0 Å². The zero-order valence-corrected chi connectivity index (χ0v) is 20.2. The summed E-state index contributed by atoms with van der Waals surface area (Å²) in [6.07, 6.45) is 0.0342. The number of furan rings is 1. The van der Waals surface area contributed by atoms with Gasteiger partial charge in [0.25, 0.3) is 0 Å². The van der Waals surface area contributed by atoms with E-state index in [2.05, 4.69) is 6.58 Å². The molecule has 0 aliphatic heterocycles. The molecule has 4 aromatic rings. The molecule has 1 aliphatic carbocycles. The van der Waals surface area contributed by atoms with Gasteiger partial charge in [0.15, 0.2) is 5.41 Å². The maximum Gasteiger partial charge on any atom is 0.324 e. The number of carbonyl (C=O) groups excluding carboxylic acids is 2. The molecule has 1 heterocycles. The van der Waals surface area contributed by atoms with E-state index in [-0.39, 0.29) is 6.42 Å². The number of ether oxygens (including phenoxy) is 2. The zero-order chi connectivity index (χ0) is 25.3. The molecule has 0 saturated heterocycles. The van der Waals surface area contributed by atoms with E-state index in [0.717, 1.165) is 27.8 Å². The summed E-state index contributed by atoms with van der Waals surface area (Å²) in [5.74, 6) is -0.835. The minimum atomic E-state index is -1.67. The maximum atomic E-state index is 13.6. The van der Waals surface area contributed by atoms with Crippen molar-refractivity contribution in [3.8, 4) is 22.6 Å². The SMILES string of the molecule is C=C1CC(C(=O)OC)(C(=O)OC)C(c2ccccc2)c2c(-c3ccccc3)oc(-c3ccccc3)c21. The average molecular weight is 479 g/mol. The largest absolute Gasteiger partial charge is 0.468 e. The summed E-state index contributed by atoms with van der Waals surface area (Å²) in [6.45, 7) is 4.33. The van der Waals surface area contributed by atoms with Crippen LogP contribution in [-0.2, 0) is 19.1 Å². The van der Waals surface area contributed by atoms with Crippen molar-refractivity contribution in [3.05, 3.63) is 114 Å². The number of fused-ring (bicyclic) bond motifs is 1. The smallest absolute Gasteiger partial charge is 0.324 e. The average Bonchev–Trinajstić information content (AvgIpc) is 3.34. The van der Waals surface area contributed by atoms with Crippen molar-refractivity contribution in [2.75, 3.05) is 14.2 Å². The molecule has 0 amide bonds. The third-order valence-electron chi connectivity index (χ3n) is 6.88. The molecule has 5 rings (SSSR count). The Hall–Kier alpha value is -4.38. The Kier molecular flexibility index (Phi) is 6.06. The molecule has 180 valence electrons. The van der Waals surface area contributed by atoms with E-state index < -0.39 is 23.3 Å². The number of hydrogen-bond donors (Lipinski definition) is 0. The summed E-state index contributed by atoms with van der Waals surface area (Å²) >= 11 is 0. The first-order valence-corrected chi connectivity index (χ1v) is 11.7. The molecule has 5 heteroatoms. The Morgan fingerprint density at radius 3 is 1.75 bits per heavy atom. The zero-order valence-electron chi connectivity index (χ0n) is 20.2. The molecule has 0 fully saturated rings. The Labute approximate surface area is 210 Å². The molecule has 0 spiro atoms. The van der Waals surface area contributed by atoms with Crippen molar-refractivity contribution in [2.45, 2.75) is 12.3 Å². The summed E-state index contributed by atoms with van der Waals surface area (Å²) in [5.41, 5.74) is 2.95. The van der Waals surface area contributed by atoms with Crippen LogP contribution in [-0.4, -0.2) is 26.2 Å². The summed E-state index contributed by atoms with van der Waals surface area (Å²) < 4.78 is 17.1. The number of rotatable bonds is 5. The fourth-order valence-electron chi connectivity index (χ4n) is 5.36. The van der Waals surface area contributed by atoms with Gasteiger partial charge in [-0.2, -0.15) is 0 Å². The van der Waals surface area contributed by atoms with Gasteiger partial charge in [-0.3, -0.25) is 9.59 Å². The van der Waals surface area contributed by atoms with Gasteiger partial charge in [0.05, 0.1) is 14.2 Å². The Balaban J connectivity index is 1.92. The monoisotopic (exact) mass is 478 g/mol. The number of methoxy groups -OCH3 is 2. The number of benzene rings is 3. The van der Waals surface area contributed by atoms with Gasteiger partial charge >= 0.3 is 11.9 Å². The maximum absolute atomic E-state index is 13.6. The lowest BCUT2D eigenvalue weighted by Gasteiger charge is -2.40. The first kappa shape index (κ1) is 23.4. The van der Waals surface area contributed by atoms with E-state index in [0.29, 0.717) is 17.1 Å². The summed E-state index contributed by atoms with van der Waals surface area (Å²) in [6, 6.07) is 28.9. The lowest BCUT2D eigenvalue weighted by atomic mass is 9.60. The molecule has 3 aromatic carbocycles. The van der Waals surface area contributed by atoms with E-state index in [9.17, 15) is 9.59 Å². The van der Waals surface area contributed by atoms with E-state index in [1.807, 2.05) is 91.0 Å². The van der Waals surface area contributed by atoms with Crippen molar-refractivity contribution >= 4 is 17.5 Å². The standard InChI is InChI=1S/C31H26O5/c1-20-19-31(29(32)34-2,30(33)35-3)26(21-13-7-4-8-14-21)25-24(20)27(22-15-9-5-10-16-22)36-28(25)23-17-11-6-12-18-23/h4-18,26H,1,19H2,2-3H3. The molecular weight excluding hydrogens is 452 g/mol. The normalized spacial score (nSPS) is 16.2. The van der Waals surface area contributed by atoms with Crippen LogP contribution in [0.2, 0.25) is 0 Å². The topological polar surface area (TPSA) is 65.7 Å². The lowest BCUT2D eigenvalue weighted by molar-refractivity contribution is -0.170. The number of allylic oxidation sites excluding steroid dienone is 1. The molecule has 1 aliphatic rings. The van der Waals surface area contributed by atoms with Crippen molar-refractivity contribution in [1.29, 1.82) is 0 Å². The second-order valence-corrected chi connectivity index (χ2v) is 8.86. The second-order valence-electron chi connectivity index (χ2n) is 8.86. The molecule has 5 nitrogen and oxygen atoms in total. The first-order valence-electron chi connectivity index (χ1n) is 11.7. The van der Waals surface area contributed by atoms with E-state index in [1.165, 1.54) is 14.2 Å². The molecular formula is C31H26O5. The molecule has 1 atom stereocenters. The highest BCUT2D eigenvalue weighted by Gasteiger charge is 2.60. The van der Waals surface area contributed by atoms with Gasteiger partial charge < -0.3 is 13.9 Å². The number of hydrogen-bond acceptors (Lipinski definition) is 5. The van der Waals surface area contributed by atoms with Gasteiger partial charge in [-0.15, -0.1) is 0 Å². The minimum absolute atomic E-state index is 0.0342. The van der Waals surface area contributed by atoms with Crippen LogP contribution in [0, 0.1) is 5.41 Å². The molecule has 0 saturated carbocycles. The lowest BCUT2D eigenvalue weighted by Crippen LogP contribution is -2.48. The van der Waals surface area contributed by atoms with Gasteiger partial charge in [-0.25, -0.2) is 0 Å². The Morgan fingerprint density at radius 2 is 1.25 bits per heavy atom. The van der Waals surface area contributed by atoms with Crippen molar-refractivity contribution < 1.29 is 23.5 Å². The number of esters is 2. The van der Waals surface area contributed by atoms with Gasteiger partial charge in [0.2, 0.25) is 0 Å². The van der Waals surface area contributed by atoms with Crippen LogP contribution in [0.3, 0.4) is 0 Å². The van der Waals surface area contributed by atoms with Gasteiger partial charge in [-0.05, 0) is 11.1 Å². The van der Waals surface area contributed by atoms with Crippen LogP contribution < -0.4 is 0 Å². The number of carbonyl (C=O) groups is 2. The van der Waals surface area contributed by atoms with Crippen molar-refractivity contribution in [1.82, 2.24) is 0 Å². The van der Waals surface area contributed by atoms with Gasteiger partial charge in [0.1, 0.15) is 11.5 Å². The van der Waals surface area contributed by atoms with Crippen molar-refractivity contribution in [3.63, 3.8) is 0 Å². The highest BCUT2D eigenvalue weighted by molar-refractivity contribution is 6.06. The summed E-state index contributed by atoms with van der Waals surface area (Å²) in [4.78, 5) is 27.1. The molecule has 1 unspecified atom stereocenters. The quantitative estimate of drug-likeness (QED) is 0.242. The molecule has 36 heavy (non-hydrogen) atoms. The van der Waals surface area contributed by atoms with Gasteiger partial charge in [-0.1, -0.05) is 97.6 Å².